The number of likely N-dealkylation sites (tertiary alicyclic amines) is 1. The molecule has 6 nitrogen and oxygen atoms in total. The summed E-state index contributed by atoms with van der Waals surface area (Å²) in [6, 6.07) is 20.4. The molecule has 0 bridgehead atoms. The number of nitrogens with zero attached hydrogens (tertiary/aromatic N) is 3. The van der Waals surface area contributed by atoms with Gasteiger partial charge in [0.15, 0.2) is 0 Å². The van der Waals surface area contributed by atoms with Crippen molar-refractivity contribution in [2.75, 3.05) is 19.6 Å². The van der Waals surface area contributed by atoms with E-state index in [1.165, 1.54) is 0 Å². The number of benzene rings is 2. The molecule has 1 N–H and O–H groups in total. The average molecular weight is 402 g/mol. The minimum absolute atomic E-state index is 0.00851. The molecule has 1 fully saturated rings. The van der Waals surface area contributed by atoms with Crippen LogP contribution < -0.4 is 5.69 Å². The van der Waals surface area contributed by atoms with E-state index in [9.17, 15) is 4.79 Å². The third-order valence-corrected chi connectivity index (χ3v) is 6.07. The number of piperidine rings is 1. The third-order valence-electron chi connectivity index (χ3n) is 6.07. The summed E-state index contributed by atoms with van der Waals surface area (Å²) in [6.07, 6.45) is 3.94. The Bertz CT molecular complexity index is 1170. The number of rotatable bonds is 6. The lowest BCUT2D eigenvalue weighted by molar-refractivity contribution is 0.184. The predicted molar refractivity (Wildman–Crippen MR) is 118 cm³/mol. The number of hydrogen-bond acceptors (Lipinski definition) is 4. The molecule has 0 atom stereocenters. The number of imidazole rings is 1. The maximum atomic E-state index is 12.4. The number of H-pyrrole nitrogens is 1. The van der Waals surface area contributed by atoms with Gasteiger partial charge in [-0.2, -0.15) is 0 Å². The van der Waals surface area contributed by atoms with Crippen molar-refractivity contribution in [3.05, 3.63) is 76.9 Å². The summed E-state index contributed by atoms with van der Waals surface area (Å²) < 4.78 is 7.47. The van der Waals surface area contributed by atoms with E-state index in [0.29, 0.717) is 0 Å². The van der Waals surface area contributed by atoms with Crippen LogP contribution in [0.5, 0.6) is 0 Å². The lowest BCUT2D eigenvalue weighted by Crippen LogP contribution is -2.37. The van der Waals surface area contributed by atoms with Crippen molar-refractivity contribution in [1.29, 1.82) is 0 Å². The molecule has 2 aromatic heterocycles. The first-order valence-corrected chi connectivity index (χ1v) is 10.7. The van der Waals surface area contributed by atoms with Crippen LogP contribution in [0, 0.1) is 0 Å². The molecule has 3 heterocycles. The van der Waals surface area contributed by atoms with Crippen molar-refractivity contribution in [3.8, 4) is 11.3 Å². The quantitative estimate of drug-likeness (QED) is 0.523. The second-order valence-corrected chi connectivity index (χ2v) is 8.04. The van der Waals surface area contributed by atoms with Crippen LogP contribution in [-0.4, -0.2) is 39.2 Å². The molecule has 0 unspecified atom stereocenters. The molecule has 0 spiro atoms. The molecule has 4 aromatic rings. The minimum Gasteiger partial charge on any atom is -0.361 e. The summed E-state index contributed by atoms with van der Waals surface area (Å²) in [5.74, 6) is 0.939. The number of aromatic nitrogens is 3. The van der Waals surface area contributed by atoms with Crippen molar-refractivity contribution in [3.63, 3.8) is 0 Å². The van der Waals surface area contributed by atoms with E-state index in [1.807, 2.05) is 65.2 Å². The van der Waals surface area contributed by atoms with E-state index >= 15 is 0 Å². The highest BCUT2D eigenvalue weighted by Crippen LogP contribution is 2.25. The minimum atomic E-state index is 0.00851. The van der Waals surface area contributed by atoms with Crippen LogP contribution >= 0.6 is 0 Å². The Hall–Kier alpha value is -3.12. The van der Waals surface area contributed by atoms with Gasteiger partial charge in [0.1, 0.15) is 11.5 Å². The Labute approximate surface area is 175 Å². The molecule has 154 valence electrons. The van der Waals surface area contributed by atoms with Crippen LogP contribution in [0.15, 0.2) is 70.0 Å². The molecule has 1 saturated heterocycles. The lowest BCUT2D eigenvalue weighted by Gasteiger charge is -2.32. The zero-order valence-electron chi connectivity index (χ0n) is 17.0. The first-order valence-electron chi connectivity index (χ1n) is 10.7. The van der Waals surface area contributed by atoms with E-state index in [1.54, 1.807) is 0 Å². The fraction of sp³-hybridized carbons (Fsp3) is 0.333. The molecule has 0 radical (unpaired) electrons. The second kappa shape index (κ2) is 8.32. The second-order valence-electron chi connectivity index (χ2n) is 8.04. The Morgan fingerprint density at radius 3 is 2.63 bits per heavy atom. The van der Waals surface area contributed by atoms with Crippen LogP contribution in [0.1, 0.15) is 31.1 Å². The van der Waals surface area contributed by atoms with Gasteiger partial charge in [0.2, 0.25) is 0 Å². The number of para-hydroxylation sites is 2. The Morgan fingerprint density at radius 1 is 1.03 bits per heavy atom. The molecular formula is C24H26N4O2. The summed E-state index contributed by atoms with van der Waals surface area (Å²) in [5.41, 5.74) is 3.93. The van der Waals surface area contributed by atoms with E-state index in [-0.39, 0.29) is 11.7 Å². The van der Waals surface area contributed by atoms with Crippen molar-refractivity contribution in [1.82, 2.24) is 19.6 Å². The number of aromatic amines is 1. The van der Waals surface area contributed by atoms with Gasteiger partial charge in [0.05, 0.1) is 11.0 Å². The molecule has 0 aliphatic carbocycles. The van der Waals surface area contributed by atoms with Gasteiger partial charge in [0.25, 0.3) is 0 Å². The number of aryl methyl sites for hydroxylation is 1. The van der Waals surface area contributed by atoms with Crippen LogP contribution in [0.3, 0.4) is 0 Å². The number of nitrogens with one attached hydrogen (secondary N) is 1. The van der Waals surface area contributed by atoms with Crippen molar-refractivity contribution in [2.24, 2.45) is 0 Å². The zero-order valence-corrected chi connectivity index (χ0v) is 17.0. The normalized spacial score (nSPS) is 15.7. The summed E-state index contributed by atoms with van der Waals surface area (Å²) in [5, 5.41) is 4.20. The third kappa shape index (κ3) is 3.83. The highest BCUT2D eigenvalue weighted by atomic mass is 16.5. The molecule has 1 aliphatic heterocycles. The van der Waals surface area contributed by atoms with Crippen molar-refractivity contribution >= 4 is 11.0 Å². The van der Waals surface area contributed by atoms with Gasteiger partial charge in [-0.1, -0.05) is 47.6 Å². The van der Waals surface area contributed by atoms with Gasteiger partial charge in [-0.15, -0.1) is 0 Å². The Morgan fingerprint density at radius 2 is 1.80 bits per heavy atom. The van der Waals surface area contributed by atoms with Crippen LogP contribution in [-0.2, 0) is 6.42 Å². The Balaban J connectivity index is 1.13. The summed E-state index contributed by atoms with van der Waals surface area (Å²) >= 11 is 0. The maximum absolute atomic E-state index is 12.4. The monoisotopic (exact) mass is 402 g/mol. The smallest absolute Gasteiger partial charge is 0.326 e. The molecule has 2 aromatic carbocycles. The van der Waals surface area contributed by atoms with Gasteiger partial charge >= 0.3 is 5.69 Å². The number of fused-ring (bicyclic) bond motifs is 1. The SMILES string of the molecule is O=c1[nH]c2ccccc2n1C1CCN(CCCc2cc(-c3ccccc3)no2)CC1. The standard InChI is InChI=1S/C24H26N4O2/c29-24-25-21-10-4-5-11-23(21)28(24)19-12-15-27(16-13-19)14-6-9-20-17-22(26-30-20)18-7-2-1-3-8-18/h1-5,7-8,10-11,17,19H,6,9,12-16H2,(H,25,29). The largest absolute Gasteiger partial charge is 0.361 e. The van der Waals surface area contributed by atoms with Gasteiger partial charge in [-0.3, -0.25) is 4.57 Å². The predicted octanol–water partition coefficient (Wildman–Crippen LogP) is 4.25. The first-order chi connectivity index (χ1) is 14.8. The highest BCUT2D eigenvalue weighted by Gasteiger charge is 2.23. The molecule has 30 heavy (non-hydrogen) atoms. The molecule has 0 saturated carbocycles. The fourth-order valence-electron chi connectivity index (χ4n) is 4.49. The van der Waals surface area contributed by atoms with Gasteiger partial charge in [-0.25, -0.2) is 4.79 Å². The summed E-state index contributed by atoms with van der Waals surface area (Å²) in [4.78, 5) is 17.9. The van der Waals surface area contributed by atoms with Crippen molar-refractivity contribution in [2.45, 2.75) is 31.7 Å². The molecule has 0 amide bonds. The molecule has 5 rings (SSSR count). The molecular weight excluding hydrogens is 376 g/mol. The topological polar surface area (TPSA) is 67.1 Å². The van der Waals surface area contributed by atoms with Crippen molar-refractivity contribution < 1.29 is 4.52 Å². The van der Waals surface area contributed by atoms with Crippen LogP contribution in [0.25, 0.3) is 22.3 Å². The zero-order chi connectivity index (χ0) is 20.3. The number of hydrogen-bond donors (Lipinski definition) is 1. The summed E-state index contributed by atoms with van der Waals surface area (Å²) in [6.45, 7) is 3.07. The van der Waals surface area contributed by atoms with Gasteiger partial charge < -0.3 is 14.4 Å². The maximum Gasteiger partial charge on any atom is 0.326 e. The van der Waals surface area contributed by atoms with E-state index < -0.39 is 0 Å². The van der Waals surface area contributed by atoms with Crippen LogP contribution in [0.4, 0.5) is 0 Å². The lowest BCUT2D eigenvalue weighted by atomic mass is 10.0. The first kappa shape index (κ1) is 18.9. The average Bonchev–Trinajstić information content (AvgIpc) is 3.39. The fourth-order valence-corrected chi connectivity index (χ4v) is 4.49. The van der Waals surface area contributed by atoms with Gasteiger partial charge in [-0.05, 0) is 37.9 Å². The van der Waals surface area contributed by atoms with Gasteiger partial charge in [0, 0.05) is 37.2 Å². The summed E-state index contributed by atoms with van der Waals surface area (Å²) in [7, 11) is 0. The van der Waals surface area contributed by atoms with E-state index in [4.69, 9.17) is 4.52 Å². The van der Waals surface area contributed by atoms with Crippen LogP contribution in [0.2, 0.25) is 0 Å². The highest BCUT2D eigenvalue weighted by molar-refractivity contribution is 5.75. The van der Waals surface area contributed by atoms with E-state index in [0.717, 1.165) is 73.4 Å². The molecule has 1 aliphatic rings. The van der Waals surface area contributed by atoms with E-state index in [2.05, 4.69) is 15.0 Å². The molecule has 6 heteroatoms. The Kier molecular flexibility index (Phi) is 5.24.